The van der Waals surface area contributed by atoms with Gasteiger partial charge in [-0.25, -0.2) is 4.98 Å². The Morgan fingerprint density at radius 3 is 2.75 bits per heavy atom. The van der Waals surface area contributed by atoms with E-state index in [-0.39, 0.29) is 16.7 Å². The van der Waals surface area contributed by atoms with Crippen LogP contribution < -0.4 is 10.3 Å². The number of likely N-dealkylation sites (tertiary alicyclic amines) is 1. The van der Waals surface area contributed by atoms with Gasteiger partial charge in [0, 0.05) is 18.0 Å². The summed E-state index contributed by atoms with van der Waals surface area (Å²) in [6, 6.07) is 8.15. The van der Waals surface area contributed by atoms with Crippen molar-refractivity contribution < 1.29 is 4.74 Å². The summed E-state index contributed by atoms with van der Waals surface area (Å²) in [6.45, 7) is 1.93. The zero-order chi connectivity index (χ0) is 19.9. The topological polar surface area (TPSA) is 71.2 Å². The first-order valence-electron chi connectivity index (χ1n) is 9.46. The molecule has 6 nitrogen and oxygen atoms in total. The van der Waals surface area contributed by atoms with Gasteiger partial charge in [0.05, 0.1) is 30.2 Å². The molecule has 7 heteroatoms. The summed E-state index contributed by atoms with van der Waals surface area (Å²) in [5.74, 6) is 1.10. The number of aromatic nitrogens is 2. The number of methoxy groups -OCH3 is 1. The summed E-state index contributed by atoms with van der Waals surface area (Å²) >= 11 is 1.31. The number of benzene rings is 1. The molecule has 1 aliphatic carbocycles. The van der Waals surface area contributed by atoms with Crippen LogP contribution in [0.3, 0.4) is 0 Å². The van der Waals surface area contributed by atoms with Gasteiger partial charge < -0.3 is 9.64 Å². The minimum absolute atomic E-state index is 0.0245. The number of hydrogen-bond acceptors (Lipinski definition) is 6. The fourth-order valence-electron chi connectivity index (χ4n) is 4.48. The lowest BCUT2D eigenvalue weighted by Crippen LogP contribution is -2.48. The van der Waals surface area contributed by atoms with Crippen LogP contribution in [0.4, 0.5) is 0 Å². The lowest BCUT2D eigenvalue weighted by Gasteiger charge is -2.44. The molecule has 2 aromatic rings. The zero-order valence-electron chi connectivity index (χ0n) is 16.5. The average Bonchev–Trinajstić information content (AvgIpc) is 2.71. The molecular formula is C21H24N4O2S. The molecule has 2 heterocycles. The number of nitrogens with zero attached hydrogens (tertiary/aromatic N) is 4. The van der Waals surface area contributed by atoms with Crippen LogP contribution in [0.5, 0.6) is 5.75 Å². The Hall–Kier alpha value is -2.30. The van der Waals surface area contributed by atoms with Gasteiger partial charge in [-0.15, -0.1) is 0 Å². The molecule has 28 heavy (non-hydrogen) atoms. The van der Waals surface area contributed by atoms with Gasteiger partial charge in [-0.3, -0.25) is 9.36 Å². The number of nitriles is 1. The maximum atomic E-state index is 13.5. The third-order valence-corrected chi connectivity index (χ3v) is 6.98. The fourth-order valence-corrected chi connectivity index (χ4v) is 5.11. The van der Waals surface area contributed by atoms with Crippen molar-refractivity contribution in [1.82, 2.24) is 14.5 Å². The Kier molecular flexibility index (Phi) is 4.94. The molecule has 1 saturated heterocycles. The summed E-state index contributed by atoms with van der Waals surface area (Å²) in [4.78, 5) is 20.7. The molecule has 1 spiro atoms. The first-order chi connectivity index (χ1) is 13.5. The van der Waals surface area contributed by atoms with Gasteiger partial charge in [0.25, 0.3) is 5.56 Å². The molecule has 1 fully saturated rings. The van der Waals surface area contributed by atoms with Gasteiger partial charge in [-0.2, -0.15) is 5.26 Å². The normalized spacial score (nSPS) is 17.6. The second-order valence-corrected chi connectivity index (χ2v) is 8.65. The van der Waals surface area contributed by atoms with Crippen molar-refractivity contribution in [3.63, 3.8) is 0 Å². The molecule has 0 amide bonds. The molecule has 1 aromatic heterocycles. The molecule has 0 radical (unpaired) electrons. The van der Waals surface area contributed by atoms with E-state index in [1.54, 1.807) is 18.7 Å². The third kappa shape index (κ3) is 3.01. The largest absolute Gasteiger partial charge is 0.497 e. The zero-order valence-corrected chi connectivity index (χ0v) is 17.3. The molecule has 1 aliphatic heterocycles. The predicted molar refractivity (Wildman–Crippen MR) is 110 cm³/mol. The molecule has 0 unspecified atom stereocenters. The molecule has 0 atom stereocenters. The summed E-state index contributed by atoms with van der Waals surface area (Å²) < 4.78 is 7.07. The predicted octanol–water partition coefficient (Wildman–Crippen LogP) is 2.59. The Labute approximate surface area is 169 Å². The second kappa shape index (κ2) is 7.26. The average molecular weight is 397 g/mol. The molecule has 0 bridgehead atoms. The summed E-state index contributed by atoms with van der Waals surface area (Å²) in [7, 11) is 5.57. The first kappa shape index (κ1) is 19.0. The van der Waals surface area contributed by atoms with E-state index >= 15 is 0 Å². The highest BCUT2D eigenvalue weighted by atomic mass is 32.2. The number of rotatable bonds is 3. The van der Waals surface area contributed by atoms with Crippen LogP contribution in [0.15, 0.2) is 28.2 Å². The van der Waals surface area contributed by atoms with Crippen molar-refractivity contribution in [1.29, 1.82) is 5.26 Å². The van der Waals surface area contributed by atoms with Crippen molar-refractivity contribution in [2.24, 2.45) is 7.05 Å². The molecular weight excluding hydrogens is 372 g/mol. The van der Waals surface area contributed by atoms with Gasteiger partial charge in [0.15, 0.2) is 5.16 Å². The first-order valence-corrected chi connectivity index (χ1v) is 10.4. The Morgan fingerprint density at radius 1 is 1.32 bits per heavy atom. The van der Waals surface area contributed by atoms with Crippen LogP contribution in [-0.2, 0) is 18.9 Å². The molecule has 1 aromatic carbocycles. The van der Waals surface area contributed by atoms with E-state index in [9.17, 15) is 4.79 Å². The van der Waals surface area contributed by atoms with Gasteiger partial charge in [0.1, 0.15) is 5.75 Å². The van der Waals surface area contributed by atoms with E-state index < -0.39 is 0 Å². The molecule has 0 N–H and O–H groups in total. The Balaban J connectivity index is 1.96. The molecule has 0 saturated carbocycles. The summed E-state index contributed by atoms with van der Waals surface area (Å²) in [5, 5.41) is 9.56. The van der Waals surface area contributed by atoms with E-state index in [0.717, 1.165) is 54.9 Å². The number of ether oxygens (including phenoxy) is 1. The van der Waals surface area contributed by atoms with Gasteiger partial charge in [-0.1, -0.05) is 11.8 Å². The standard InChI is InChI=1S/C21H24N4O2S/c1-24-9-6-21(7-10-24)13-14-12-15(27-3)4-5-16(14)18-17(21)19(26)25(2)20(23-18)28-11-8-22/h4-5,12H,6-7,9-11,13H2,1-3H3. The van der Waals surface area contributed by atoms with Gasteiger partial charge in [0.2, 0.25) is 0 Å². The van der Waals surface area contributed by atoms with Crippen molar-refractivity contribution in [2.45, 2.75) is 29.8 Å². The lowest BCUT2D eigenvalue weighted by atomic mass is 9.64. The van der Waals surface area contributed by atoms with E-state index in [4.69, 9.17) is 15.0 Å². The van der Waals surface area contributed by atoms with Gasteiger partial charge >= 0.3 is 0 Å². The highest BCUT2D eigenvalue weighted by molar-refractivity contribution is 7.99. The van der Waals surface area contributed by atoms with Crippen molar-refractivity contribution in [3.05, 3.63) is 39.7 Å². The van der Waals surface area contributed by atoms with Crippen LogP contribution in [0.25, 0.3) is 11.3 Å². The smallest absolute Gasteiger partial charge is 0.258 e. The second-order valence-electron chi connectivity index (χ2n) is 7.71. The van der Waals surface area contributed by atoms with E-state index in [1.165, 1.54) is 17.3 Å². The number of fused-ring (bicyclic) bond motifs is 4. The van der Waals surface area contributed by atoms with E-state index in [2.05, 4.69) is 24.1 Å². The third-order valence-electron chi connectivity index (χ3n) is 6.09. The minimum atomic E-state index is -0.193. The van der Waals surface area contributed by atoms with E-state index in [0.29, 0.717) is 5.16 Å². The Bertz CT molecular complexity index is 1020. The van der Waals surface area contributed by atoms with Crippen LogP contribution >= 0.6 is 11.8 Å². The van der Waals surface area contributed by atoms with Crippen molar-refractivity contribution in [2.75, 3.05) is 33.0 Å². The van der Waals surface area contributed by atoms with Gasteiger partial charge in [-0.05, 0) is 63.2 Å². The van der Waals surface area contributed by atoms with E-state index in [1.807, 2.05) is 12.1 Å². The SMILES string of the molecule is COc1ccc2c(c1)CC1(CCN(C)CC1)c1c-2nc(SCC#N)n(C)c1=O. The Morgan fingerprint density at radius 2 is 2.07 bits per heavy atom. The van der Waals surface area contributed by atoms with Crippen LogP contribution in [0.2, 0.25) is 0 Å². The number of hydrogen-bond donors (Lipinski definition) is 0. The van der Waals surface area contributed by atoms with Crippen molar-refractivity contribution in [3.8, 4) is 23.1 Å². The quantitative estimate of drug-likeness (QED) is 0.587. The summed E-state index contributed by atoms with van der Waals surface area (Å²) in [6.07, 6.45) is 2.71. The summed E-state index contributed by atoms with van der Waals surface area (Å²) in [5.41, 5.74) is 3.67. The minimum Gasteiger partial charge on any atom is -0.497 e. The van der Waals surface area contributed by atoms with Crippen molar-refractivity contribution >= 4 is 11.8 Å². The van der Waals surface area contributed by atoms with Crippen LogP contribution in [0.1, 0.15) is 24.0 Å². The number of thioether (sulfide) groups is 1. The highest BCUT2D eigenvalue weighted by Crippen LogP contribution is 2.47. The highest BCUT2D eigenvalue weighted by Gasteiger charge is 2.44. The number of piperidine rings is 1. The molecule has 146 valence electrons. The fraction of sp³-hybridized carbons (Fsp3) is 0.476. The maximum absolute atomic E-state index is 13.5. The van der Waals surface area contributed by atoms with Crippen LogP contribution in [-0.4, -0.2) is 47.5 Å². The molecule has 4 rings (SSSR count). The maximum Gasteiger partial charge on any atom is 0.258 e. The lowest BCUT2D eigenvalue weighted by molar-refractivity contribution is 0.182. The van der Waals surface area contributed by atoms with Crippen LogP contribution in [0, 0.1) is 11.3 Å². The monoisotopic (exact) mass is 396 g/mol. The molecule has 2 aliphatic rings.